The number of hydrogen-bond acceptors (Lipinski definition) is 3. The molecule has 0 aromatic heterocycles. The lowest BCUT2D eigenvalue weighted by Crippen LogP contribution is -2.30. The van der Waals surface area contributed by atoms with Crippen LogP contribution in [0.25, 0.3) is 0 Å². The summed E-state index contributed by atoms with van der Waals surface area (Å²) in [6, 6.07) is 2.91. The van der Waals surface area contributed by atoms with Crippen molar-refractivity contribution in [3.63, 3.8) is 0 Å². The second-order valence-corrected chi connectivity index (χ2v) is 3.29. The van der Waals surface area contributed by atoms with Gasteiger partial charge >= 0.3 is 0 Å². The summed E-state index contributed by atoms with van der Waals surface area (Å²) in [5.74, 6) is 4.73. The van der Waals surface area contributed by atoms with Gasteiger partial charge in [0.15, 0.2) is 0 Å². The molecule has 1 rings (SSSR count). The lowest BCUT2D eigenvalue weighted by Gasteiger charge is -2.09. The van der Waals surface area contributed by atoms with E-state index in [1.54, 1.807) is 0 Å². The molecule has 0 saturated carbocycles. The Bertz CT molecular complexity index is 369. The third kappa shape index (κ3) is 2.09. The summed E-state index contributed by atoms with van der Waals surface area (Å²) in [7, 11) is 1.41. The van der Waals surface area contributed by atoms with Crippen LogP contribution in [-0.2, 0) is 0 Å². The van der Waals surface area contributed by atoms with E-state index in [2.05, 4.69) is 0 Å². The summed E-state index contributed by atoms with van der Waals surface area (Å²) in [6.07, 6.45) is 0. The monoisotopic (exact) mass is 234 g/mol. The molecule has 0 atom stereocenters. The molecule has 1 amide bonds. The van der Waals surface area contributed by atoms with E-state index < -0.39 is 5.91 Å². The van der Waals surface area contributed by atoms with Gasteiger partial charge in [-0.15, -0.1) is 0 Å². The van der Waals surface area contributed by atoms with E-state index in [1.165, 1.54) is 19.2 Å². The van der Waals surface area contributed by atoms with Gasteiger partial charge in [0.25, 0.3) is 5.91 Å². The Morgan fingerprint density at radius 1 is 1.50 bits per heavy atom. The molecule has 0 radical (unpaired) electrons. The number of carbonyl (C=O) groups is 1. The Kier molecular flexibility index (Phi) is 3.57. The molecule has 0 saturated heterocycles. The van der Waals surface area contributed by atoms with Gasteiger partial charge in [-0.05, 0) is 12.1 Å². The van der Waals surface area contributed by atoms with Crippen molar-refractivity contribution in [3.8, 4) is 5.75 Å². The molecule has 0 bridgehead atoms. The van der Waals surface area contributed by atoms with Crippen LogP contribution in [0.2, 0.25) is 10.0 Å². The Balaban J connectivity index is 3.32. The lowest BCUT2D eigenvalue weighted by atomic mass is 10.2. The van der Waals surface area contributed by atoms with Gasteiger partial charge in [0.05, 0.1) is 17.7 Å². The zero-order valence-electron chi connectivity index (χ0n) is 7.30. The van der Waals surface area contributed by atoms with Gasteiger partial charge in [-0.3, -0.25) is 10.2 Å². The summed E-state index contributed by atoms with van der Waals surface area (Å²) >= 11 is 11.5. The first-order valence-corrected chi connectivity index (χ1v) is 4.39. The van der Waals surface area contributed by atoms with E-state index in [0.717, 1.165) is 0 Å². The van der Waals surface area contributed by atoms with Crippen molar-refractivity contribution in [1.82, 2.24) is 5.43 Å². The van der Waals surface area contributed by atoms with Crippen molar-refractivity contribution in [2.24, 2.45) is 5.84 Å². The van der Waals surface area contributed by atoms with Crippen molar-refractivity contribution in [2.45, 2.75) is 0 Å². The Hall–Kier alpha value is -0.970. The SMILES string of the molecule is COc1c(Cl)cc(Cl)cc1C(=O)NN. The fourth-order valence-electron chi connectivity index (χ4n) is 1.01. The van der Waals surface area contributed by atoms with Crippen LogP contribution in [0.15, 0.2) is 12.1 Å². The summed E-state index contributed by atoms with van der Waals surface area (Å²) in [4.78, 5) is 11.3. The van der Waals surface area contributed by atoms with Crippen LogP contribution in [-0.4, -0.2) is 13.0 Å². The van der Waals surface area contributed by atoms with E-state index in [4.69, 9.17) is 33.8 Å². The van der Waals surface area contributed by atoms with E-state index in [1.807, 2.05) is 5.43 Å². The van der Waals surface area contributed by atoms with E-state index in [9.17, 15) is 4.79 Å². The first-order valence-electron chi connectivity index (χ1n) is 3.64. The zero-order valence-corrected chi connectivity index (χ0v) is 8.82. The summed E-state index contributed by atoms with van der Waals surface area (Å²) in [5, 5.41) is 0.605. The van der Waals surface area contributed by atoms with Gasteiger partial charge in [0, 0.05) is 5.02 Å². The number of amides is 1. The first kappa shape index (κ1) is 11.1. The van der Waals surface area contributed by atoms with Crippen LogP contribution in [0.5, 0.6) is 5.75 Å². The van der Waals surface area contributed by atoms with Gasteiger partial charge in [0.1, 0.15) is 5.75 Å². The van der Waals surface area contributed by atoms with Crippen LogP contribution in [0.3, 0.4) is 0 Å². The fourth-order valence-corrected chi connectivity index (χ4v) is 1.58. The number of benzene rings is 1. The molecule has 1 aromatic rings. The normalized spacial score (nSPS) is 9.71. The van der Waals surface area contributed by atoms with Crippen LogP contribution in [0, 0.1) is 0 Å². The minimum atomic E-state index is -0.508. The molecule has 76 valence electrons. The number of methoxy groups -OCH3 is 1. The van der Waals surface area contributed by atoms with Crippen LogP contribution < -0.4 is 16.0 Å². The van der Waals surface area contributed by atoms with E-state index in [-0.39, 0.29) is 16.3 Å². The van der Waals surface area contributed by atoms with Gasteiger partial charge in [-0.1, -0.05) is 23.2 Å². The number of hydrogen-bond donors (Lipinski definition) is 2. The molecule has 0 heterocycles. The van der Waals surface area contributed by atoms with Crippen LogP contribution in [0.1, 0.15) is 10.4 Å². The fraction of sp³-hybridized carbons (Fsp3) is 0.125. The van der Waals surface area contributed by atoms with E-state index in [0.29, 0.717) is 5.02 Å². The van der Waals surface area contributed by atoms with Gasteiger partial charge in [-0.2, -0.15) is 0 Å². The summed E-state index contributed by atoms with van der Waals surface area (Å²) < 4.78 is 4.95. The molecule has 0 aliphatic carbocycles. The quantitative estimate of drug-likeness (QED) is 0.465. The number of ether oxygens (including phenoxy) is 1. The second-order valence-electron chi connectivity index (χ2n) is 2.44. The number of nitrogens with two attached hydrogens (primary N) is 1. The molecule has 0 unspecified atom stereocenters. The molecule has 3 N–H and O–H groups in total. The highest BCUT2D eigenvalue weighted by atomic mass is 35.5. The highest BCUT2D eigenvalue weighted by Crippen LogP contribution is 2.31. The maximum absolute atomic E-state index is 11.3. The molecular formula is C8H8Cl2N2O2. The predicted molar refractivity (Wildman–Crippen MR) is 54.7 cm³/mol. The summed E-state index contributed by atoms with van der Waals surface area (Å²) in [6.45, 7) is 0. The first-order chi connectivity index (χ1) is 6.60. The zero-order chi connectivity index (χ0) is 10.7. The maximum Gasteiger partial charge on any atom is 0.269 e. The van der Waals surface area contributed by atoms with Crippen molar-refractivity contribution in [1.29, 1.82) is 0 Å². The molecule has 0 aliphatic rings. The average molecular weight is 235 g/mol. The smallest absolute Gasteiger partial charge is 0.269 e. The molecule has 0 fully saturated rings. The molecule has 4 nitrogen and oxygen atoms in total. The highest BCUT2D eigenvalue weighted by molar-refractivity contribution is 6.36. The Labute approximate surface area is 90.9 Å². The highest BCUT2D eigenvalue weighted by Gasteiger charge is 2.15. The number of nitrogen functional groups attached to an aromatic ring is 1. The van der Waals surface area contributed by atoms with Crippen LogP contribution in [0.4, 0.5) is 0 Å². The van der Waals surface area contributed by atoms with Crippen molar-refractivity contribution >= 4 is 29.1 Å². The Morgan fingerprint density at radius 3 is 2.64 bits per heavy atom. The van der Waals surface area contributed by atoms with Crippen LogP contribution >= 0.6 is 23.2 Å². The molecule has 0 aliphatic heterocycles. The molecule has 1 aromatic carbocycles. The van der Waals surface area contributed by atoms with Crippen molar-refractivity contribution in [2.75, 3.05) is 7.11 Å². The number of nitrogens with one attached hydrogen (secondary N) is 1. The third-order valence-corrected chi connectivity index (χ3v) is 2.09. The number of carbonyl (C=O) groups excluding carboxylic acids is 1. The van der Waals surface area contributed by atoms with E-state index >= 15 is 0 Å². The molecule has 6 heteroatoms. The Morgan fingerprint density at radius 2 is 2.14 bits per heavy atom. The largest absolute Gasteiger partial charge is 0.494 e. The standard InChI is InChI=1S/C8H8Cl2N2O2/c1-14-7-5(8(13)12-11)2-4(9)3-6(7)10/h2-3H,11H2,1H3,(H,12,13). The topological polar surface area (TPSA) is 64.3 Å². The third-order valence-electron chi connectivity index (χ3n) is 1.59. The van der Waals surface area contributed by atoms with Gasteiger partial charge in [0.2, 0.25) is 0 Å². The lowest BCUT2D eigenvalue weighted by molar-refractivity contribution is 0.0950. The maximum atomic E-state index is 11.3. The number of halogens is 2. The minimum absolute atomic E-state index is 0.201. The summed E-state index contributed by atoms with van der Waals surface area (Å²) in [5.41, 5.74) is 2.18. The molecule has 0 spiro atoms. The van der Waals surface area contributed by atoms with Gasteiger partial charge in [-0.25, -0.2) is 5.84 Å². The minimum Gasteiger partial charge on any atom is -0.494 e. The number of rotatable bonds is 2. The predicted octanol–water partition coefficient (Wildman–Crippen LogP) is 1.61. The van der Waals surface area contributed by atoms with Gasteiger partial charge < -0.3 is 4.74 Å². The molecular weight excluding hydrogens is 227 g/mol. The molecule has 14 heavy (non-hydrogen) atoms. The average Bonchev–Trinajstić information content (AvgIpc) is 2.15. The number of hydrazine groups is 1. The second kappa shape index (κ2) is 4.50. The van der Waals surface area contributed by atoms with Crippen molar-refractivity contribution < 1.29 is 9.53 Å². The van der Waals surface area contributed by atoms with Crippen molar-refractivity contribution in [3.05, 3.63) is 27.7 Å².